The number of hydrogen-bond donors (Lipinski definition) is 1. The second kappa shape index (κ2) is 4.06. The van der Waals surface area contributed by atoms with E-state index in [1.54, 1.807) is 0 Å². The third-order valence-electron chi connectivity index (χ3n) is 4.72. The van der Waals surface area contributed by atoms with Crippen molar-refractivity contribution < 1.29 is 0 Å². The highest BCUT2D eigenvalue weighted by atomic mass is 15.3. The minimum atomic E-state index is 0.577. The van der Waals surface area contributed by atoms with E-state index in [-0.39, 0.29) is 0 Å². The van der Waals surface area contributed by atoms with Crippen LogP contribution in [0.15, 0.2) is 0 Å². The molecule has 15 heavy (non-hydrogen) atoms. The van der Waals surface area contributed by atoms with Gasteiger partial charge in [0.05, 0.1) is 0 Å². The number of rotatable bonds is 3. The fourth-order valence-electron chi connectivity index (χ4n) is 3.50. The smallest absolute Gasteiger partial charge is 0.0334 e. The van der Waals surface area contributed by atoms with Crippen LogP contribution in [0, 0.1) is 5.92 Å². The van der Waals surface area contributed by atoms with Crippen molar-refractivity contribution in [2.24, 2.45) is 5.92 Å². The van der Waals surface area contributed by atoms with Gasteiger partial charge >= 0.3 is 0 Å². The second-order valence-corrected chi connectivity index (χ2v) is 5.83. The molecule has 0 aromatic heterocycles. The Hall–Kier alpha value is -0.0800. The van der Waals surface area contributed by atoms with E-state index >= 15 is 0 Å². The molecule has 1 saturated heterocycles. The largest absolute Gasteiger partial charge is 0.314 e. The lowest BCUT2D eigenvalue weighted by Gasteiger charge is -2.45. The van der Waals surface area contributed by atoms with Crippen molar-refractivity contribution in [1.82, 2.24) is 10.2 Å². The topological polar surface area (TPSA) is 15.3 Å². The first kappa shape index (κ1) is 10.1. The molecule has 3 fully saturated rings. The van der Waals surface area contributed by atoms with Crippen molar-refractivity contribution in [1.29, 1.82) is 0 Å². The zero-order valence-electron chi connectivity index (χ0n) is 9.80. The van der Waals surface area contributed by atoms with E-state index in [9.17, 15) is 0 Å². The SMILES string of the molecule is C1CCC2(C1)CNCCN2CCC1CC1. The van der Waals surface area contributed by atoms with E-state index in [4.69, 9.17) is 0 Å². The van der Waals surface area contributed by atoms with Gasteiger partial charge < -0.3 is 5.32 Å². The first-order chi connectivity index (χ1) is 7.39. The summed E-state index contributed by atoms with van der Waals surface area (Å²) < 4.78 is 0. The molecule has 2 saturated carbocycles. The molecule has 0 unspecified atom stereocenters. The minimum Gasteiger partial charge on any atom is -0.314 e. The first-order valence-electron chi connectivity index (χ1n) is 6.85. The van der Waals surface area contributed by atoms with Crippen molar-refractivity contribution in [2.45, 2.75) is 50.5 Å². The summed E-state index contributed by atoms with van der Waals surface area (Å²) in [6.07, 6.45) is 10.3. The quantitative estimate of drug-likeness (QED) is 0.763. The number of nitrogens with one attached hydrogen (secondary N) is 1. The molecular formula is C13H24N2. The van der Waals surface area contributed by atoms with Gasteiger partial charge in [-0.05, 0) is 31.7 Å². The summed E-state index contributed by atoms with van der Waals surface area (Å²) in [5.41, 5.74) is 0.577. The molecule has 0 aromatic carbocycles. The fourth-order valence-corrected chi connectivity index (χ4v) is 3.50. The van der Waals surface area contributed by atoms with Crippen LogP contribution < -0.4 is 5.32 Å². The van der Waals surface area contributed by atoms with Crippen LogP contribution in [0.1, 0.15) is 44.9 Å². The van der Waals surface area contributed by atoms with Crippen molar-refractivity contribution in [3.63, 3.8) is 0 Å². The van der Waals surface area contributed by atoms with Gasteiger partial charge in [-0.2, -0.15) is 0 Å². The molecule has 2 nitrogen and oxygen atoms in total. The van der Waals surface area contributed by atoms with Crippen LogP contribution >= 0.6 is 0 Å². The highest BCUT2D eigenvalue weighted by Gasteiger charge is 2.41. The summed E-state index contributed by atoms with van der Waals surface area (Å²) in [4.78, 5) is 2.83. The van der Waals surface area contributed by atoms with E-state index in [2.05, 4.69) is 10.2 Å². The Balaban J connectivity index is 1.61. The molecule has 1 spiro atoms. The lowest BCUT2D eigenvalue weighted by atomic mass is 9.92. The molecule has 2 heteroatoms. The maximum atomic E-state index is 3.61. The van der Waals surface area contributed by atoms with Gasteiger partial charge in [-0.1, -0.05) is 25.7 Å². The lowest BCUT2D eigenvalue weighted by Crippen LogP contribution is -2.60. The molecule has 2 aliphatic carbocycles. The van der Waals surface area contributed by atoms with Gasteiger partial charge in [0.1, 0.15) is 0 Å². The Morgan fingerprint density at radius 3 is 2.73 bits per heavy atom. The Labute approximate surface area is 93.4 Å². The molecule has 1 N–H and O–H groups in total. The Kier molecular flexibility index (Phi) is 2.73. The van der Waals surface area contributed by atoms with Gasteiger partial charge in [0.25, 0.3) is 0 Å². The predicted octanol–water partition coefficient (Wildman–Crippen LogP) is 2.00. The molecule has 1 aliphatic heterocycles. The van der Waals surface area contributed by atoms with E-state index in [1.807, 2.05) is 0 Å². The Bertz CT molecular complexity index is 217. The summed E-state index contributed by atoms with van der Waals surface area (Å²) in [7, 11) is 0. The lowest BCUT2D eigenvalue weighted by molar-refractivity contribution is 0.0623. The van der Waals surface area contributed by atoms with Gasteiger partial charge in [-0.3, -0.25) is 4.90 Å². The maximum absolute atomic E-state index is 3.61. The summed E-state index contributed by atoms with van der Waals surface area (Å²) in [6.45, 7) is 5.16. The number of nitrogens with zero attached hydrogens (tertiary/aromatic N) is 1. The van der Waals surface area contributed by atoms with Gasteiger partial charge in [-0.15, -0.1) is 0 Å². The predicted molar refractivity (Wildman–Crippen MR) is 63.0 cm³/mol. The Morgan fingerprint density at radius 1 is 1.20 bits per heavy atom. The number of piperazine rings is 1. The van der Waals surface area contributed by atoms with E-state index in [1.165, 1.54) is 71.1 Å². The zero-order chi connectivity index (χ0) is 10.1. The van der Waals surface area contributed by atoms with E-state index in [0.29, 0.717) is 5.54 Å². The van der Waals surface area contributed by atoms with Crippen LogP contribution in [-0.2, 0) is 0 Å². The molecule has 3 rings (SSSR count). The molecule has 0 radical (unpaired) electrons. The minimum absolute atomic E-state index is 0.577. The van der Waals surface area contributed by atoms with Crippen molar-refractivity contribution in [2.75, 3.05) is 26.2 Å². The van der Waals surface area contributed by atoms with Crippen molar-refractivity contribution in [3.05, 3.63) is 0 Å². The van der Waals surface area contributed by atoms with Gasteiger partial charge in [0.15, 0.2) is 0 Å². The highest BCUT2D eigenvalue weighted by molar-refractivity contribution is 4.99. The highest BCUT2D eigenvalue weighted by Crippen LogP contribution is 2.38. The number of hydrogen-bond acceptors (Lipinski definition) is 2. The van der Waals surface area contributed by atoms with E-state index < -0.39 is 0 Å². The molecule has 0 aromatic rings. The van der Waals surface area contributed by atoms with Crippen LogP contribution in [-0.4, -0.2) is 36.6 Å². The van der Waals surface area contributed by atoms with Gasteiger partial charge in [0.2, 0.25) is 0 Å². The monoisotopic (exact) mass is 208 g/mol. The summed E-state index contributed by atoms with van der Waals surface area (Å²) in [5, 5.41) is 3.61. The molecule has 0 bridgehead atoms. The summed E-state index contributed by atoms with van der Waals surface area (Å²) in [5.74, 6) is 1.10. The van der Waals surface area contributed by atoms with Gasteiger partial charge in [-0.25, -0.2) is 0 Å². The maximum Gasteiger partial charge on any atom is 0.0334 e. The van der Waals surface area contributed by atoms with Crippen LogP contribution in [0.2, 0.25) is 0 Å². The molecule has 86 valence electrons. The van der Waals surface area contributed by atoms with Gasteiger partial charge in [0, 0.05) is 25.2 Å². The van der Waals surface area contributed by atoms with Crippen molar-refractivity contribution in [3.8, 4) is 0 Å². The van der Waals surface area contributed by atoms with Crippen LogP contribution in [0.4, 0.5) is 0 Å². The molecule has 1 heterocycles. The molecule has 0 amide bonds. The summed E-state index contributed by atoms with van der Waals surface area (Å²) >= 11 is 0. The Morgan fingerprint density at radius 2 is 2.00 bits per heavy atom. The van der Waals surface area contributed by atoms with Crippen LogP contribution in [0.5, 0.6) is 0 Å². The fraction of sp³-hybridized carbons (Fsp3) is 1.00. The van der Waals surface area contributed by atoms with Crippen molar-refractivity contribution >= 4 is 0 Å². The second-order valence-electron chi connectivity index (χ2n) is 5.83. The average molecular weight is 208 g/mol. The zero-order valence-corrected chi connectivity index (χ0v) is 9.80. The molecule has 3 aliphatic rings. The third-order valence-corrected chi connectivity index (χ3v) is 4.72. The average Bonchev–Trinajstić information content (AvgIpc) is 2.98. The van der Waals surface area contributed by atoms with Crippen LogP contribution in [0.25, 0.3) is 0 Å². The van der Waals surface area contributed by atoms with Crippen LogP contribution in [0.3, 0.4) is 0 Å². The van der Waals surface area contributed by atoms with E-state index in [0.717, 1.165) is 5.92 Å². The normalized spacial score (nSPS) is 31.2. The summed E-state index contributed by atoms with van der Waals surface area (Å²) in [6, 6.07) is 0. The molecular weight excluding hydrogens is 184 g/mol. The molecule has 0 atom stereocenters. The first-order valence-corrected chi connectivity index (χ1v) is 6.85. The standard InChI is InChI=1S/C13H24N2/c1-2-7-13(6-1)11-14-8-10-15(13)9-5-12-3-4-12/h12,14H,1-11H2. The third kappa shape index (κ3) is 2.07.